The molecule has 0 aliphatic heterocycles. The van der Waals surface area contributed by atoms with Crippen LogP contribution in [0.1, 0.15) is 455 Å². The van der Waals surface area contributed by atoms with Crippen molar-refractivity contribution in [2.75, 3.05) is 0 Å². The van der Waals surface area contributed by atoms with Gasteiger partial charge in [-0.15, -0.1) is 68.0 Å². The van der Waals surface area contributed by atoms with Gasteiger partial charge < -0.3 is 0 Å². The van der Waals surface area contributed by atoms with Gasteiger partial charge in [0.05, 0.1) is 41.3 Å². The van der Waals surface area contributed by atoms with E-state index in [4.69, 9.17) is 39.9 Å². The van der Waals surface area contributed by atoms with Gasteiger partial charge in [0, 0.05) is 32.9 Å². The largest absolute Gasteiger partial charge is 0.244 e. The fraction of sp³-hybridized carbons (Fsp3) is 0.639. The number of thiazole rings is 8. The first-order chi connectivity index (χ1) is 69.9. The summed E-state index contributed by atoms with van der Waals surface area (Å²) in [6, 6.07) is 19.2. The average molecular weight is 2260 g/mol. The number of thiophene rings is 4. The third kappa shape index (κ3) is 35.3. The Bertz CT molecular complexity index is 5430. The Morgan fingerprint density at radius 1 is 0.238 bits per heavy atom. The second-order valence-electron chi connectivity index (χ2n) is 41.8. The molecule has 4 atom stereocenters. The van der Waals surface area contributed by atoms with E-state index in [1.165, 1.54) is 465 Å². The topological polar surface area (TPSA) is 103 Å². The van der Waals surface area contributed by atoms with E-state index in [2.05, 4.69) is 166 Å². The Kier molecular flexibility index (Phi) is 53.9. The molecule has 12 heterocycles. The van der Waals surface area contributed by atoms with Gasteiger partial charge in [-0.2, -0.15) is 0 Å². The molecule has 0 fully saturated rings. The first-order valence-corrected chi connectivity index (χ1v) is 74.9. The predicted molar refractivity (Wildman–Crippen MR) is 655 cm³/mol. The quantitative estimate of drug-likeness (QED) is 0.0274. The van der Waals surface area contributed by atoms with Crippen molar-refractivity contribution in [2.45, 2.75) is 476 Å². The molecule has 143 heavy (non-hydrogen) atoms. The molecule has 0 amide bonds. The van der Waals surface area contributed by atoms with Crippen molar-refractivity contribution in [2.24, 2.45) is 23.7 Å². The van der Waals surface area contributed by atoms with Gasteiger partial charge in [-0.1, -0.05) is 371 Å². The van der Waals surface area contributed by atoms with E-state index in [0.717, 1.165) is 91.9 Å². The van der Waals surface area contributed by atoms with Crippen molar-refractivity contribution in [3.8, 4) is 81.8 Å². The number of aromatic nitrogens is 8. The zero-order valence-corrected chi connectivity index (χ0v) is 102. The Balaban J connectivity index is 0.000000258. The Labute approximate surface area is 918 Å². The smallest absolute Gasteiger partial charge is 0.134 e. The van der Waals surface area contributed by atoms with Crippen LogP contribution in [0.2, 0.25) is 13.3 Å². The number of hydrogen-bond acceptors (Lipinski definition) is 20. The number of rotatable bonds is 74. The molecule has 8 nitrogen and oxygen atoms in total. The summed E-state index contributed by atoms with van der Waals surface area (Å²) in [6.45, 7) is 28.0. The molecule has 0 spiro atoms. The van der Waals surface area contributed by atoms with E-state index in [1.807, 2.05) is 114 Å². The molecule has 21 heteroatoms. The van der Waals surface area contributed by atoms with Crippen LogP contribution in [0.15, 0.2) is 84.1 Å². The minimum atomic E-state index is -2.80. The fourth-order valence-corrected chi connectivity index (χ4v) is 52.9. The Morgan fingerprint density at radius 3 is 0.720 bits per heavy atom. The maximum atomic E-state index is 5.84. The molecule has 0 N–H and O–H groups in total. The van der Waals surface area contributed by atoms with Crippen LogP contribution < -0.4 is 2.89 Å². The maximum Gasteiger partial charge on any atom is 0.134 e. The Morgan fingerprint density at radius 2 is 0.476 bits per heavy atom. The third-order valence-corrected chi connectivity index (χ3v) is 61.0. The van der Waals surface area contributed by atoms with Crippen molar-refractivity contribution < 1.29 is 0 Å². The van der Waals surface area contributed by atoms with Crippen LogP contribution in [0.3, 0.4) is 0 Å². The van der Waals surface area contributed by atoms with Crippen LogP contribution in [0.4, 0.5) is 0 Å². The van der Waals surface area contributed by atoms with Crippen LogP contribution in [0, 0.1) is 30.6 Å². The molecule has 784 valence electrons. The maximum absolute atomic E-state index is 5.84. The van der Waals surface area contributed by atoms with Gasteiger partial charge in [0.25, 0.3) is 0 Å². The van der Waals surface area contributed by atoms with Crippen LogP contribution in [0.5, 0.6) is 0 Å². The van der Waals surface area contributed by atoms with E-state index in [1.54, 1.807) is 25.6 Å². The summed E-state index contributed by atoms with van der Waals surface area (Å²) < 4.78 is 10.9. The summed E-state index contributed by atoms with van der Waals surface area (Å²) in [6.07, 6.45) is 86.5. The summed E-state index contributed by atoms with van der Waals surface area (Å²) in [5, 5.41) is 12.9. The van der Waals surface area contributed by atoms with E-state index in [9.17, 15) is 0 Å². The molecule has 12 aromatic heterocycles. The van der Waals surface area contributed by atoms with Crippen molar-refractivity contribution in [3.05, 3.63) is 108 Å². The van der Waals surface area contributed by atoms with Crippen LogP contribution in [-0.4, -0.2) is 58.2 Å². The molecule has 0 aliphatic rings. The van der Waals surface area contributed by atoms with Crippen molar-refractivity contribution >= 4 is 198 Å². The van der Waals surface area contributed by atoms with E-state index in [0.29, 0.717) is 0 Å². The standard InChI is InChI=1S/C55H75N4S6.C54H74N4S6.3C4H9.CH4.Sn/c1-6-10-14-18-20-24-28-40(26-22-16-12-8-3)36-42-30-32-44(62-42)52-58-48-46(54-56-34-35-60-54)50-49(47(51(48)65-52)55-57-38-39(5)61-55)59-53(64-50)45-33-31-43(63-45)37-41(27-23-17-13-9-4)29-25-21-19-15-11-7-2;1-5-9-13-17-19-23-27-39(25-21-15-11-7-3)37-41-29-31-43(61-41)51-57-47-45(53-55-33-35-59-53)50-48(46(49(47)63-51)54-56-34-36-60-54)58-52(64-50)44-32-30-42(62-44)38-40(26-22-16-12-8-4)28-24-20-18-14-10-6-2;3*1-3-4-2;;/h30-34,38,40-41H,6-29,36-37H2,1-5H3;29-36,39-40H,5-28,37-38H2,1-4H3;3*1,3-4H2,2H3;1H4;. The van der Waals surface area contributed by atoms with Crippen LogP contribution in [0.25, 0.3) is 123 Å². The molecule has 0 radical (unpaired) electrons. The number of unbranched alkanes of at least 4 members (excludes halogenated alkanes) is 35. The zero-order valence-electron chi connectivity index (χ0n) is 89.5. The summed E-state index contributed by atoms with van der Waals surface area (Å²) in [4.78, 5) is 55.9. The number of fused-ring (bicyclic) bond motifs is 4. The molecule has 4 unspecified atom stereocenters. The number of aryl methyl sites for hydroxylation is 1. The summed E-state index contributed by atoms with van der Waals surface area (Å²) >= 11 is 19.9. The van der Waals surface area contributed by atoms with Gasteiger partial charge in [0.1, 0.15) is 20.0 Å². The van der Waals surface area contributed by atoms with Gasteiger partial charge in [0.15, 0.2) is 0 Å². The fourth-order valence-electron chi connectivity index (χ4n) is 21.6. The second-order valence-corrected chi connectivity index (χ2v) is 68.7. The normalized spacial score (nSPS) is 12.9. The molecular weight excluding hydrogens is 2080 g/mol. The number of benzene rings is 2. The summed E-state index contributed by atoms with van der Waals surface area (Å²) in [7, 11) is 0. The van der Waals surface area contributed by atoms with Crippen molar-refractivity contribution in [1.82, 2.24) is 39.9 Å². The molecular formula is C122H180N8S12Sn. The number of nitrogens with zero attached hydrogens (tertiary/aromatic N) is 8. The molecule has 2 aromatic carbocycles. The molecule has 0 saturated carbocycles. The summed E-state index contributed by atoms with van der Waals surface area (Å²) in [5.41, 5.74) is 8.97. The second kappa shape index (κ2) is 65.5. The van der Waals surface area contributed by atoms with Crippen LogP contribution >= 0.6 is 136 Å². The molecule has 14 aromatic rings. The zero-order chi connectivity index (χ0) is 99.3. The first-order valence-electron chi connectivity index (χ1n) is 57.5. The molecule has 0 saturated heterocycles. The minimum absolute atomic E-state index is 0. The predicted octanol–water partition coefficient (Wildman–Crippen LogP) is 45.7. The molecule has 14 rings (SSSR count). The van der Waals surface area contributed by atoms with Gasteiger partial charge >= 0.3 is 326 Å². The van der Waals surface area contributed by atoms with Gasteiger partial charge in [-0.05, 0) is 48.9 Å². The summed E-state index contributed by atoms with van der Waals surface area (Å²) in [5.74, 6) is 3.06. The average Bonchev–Trinajstić information content (AvgIpc) is 1.55. The van der Waals surface area contributed by atoms with Gasteiger partial charge in [0.2, 0.25) is 0 Å². The van der Waals surface area contributed by atoms with E-state index in [-0.39, 0.29) is 7.43 Å². The van der Waals surface area contributed by atoms with Crippen LogP contribution in [-0.2, 0) is 25.7 Å². The number of hydrogen-bond donors (Lipinski definition) is 0. The minimum Gasteiger partial charge on any atom is -0.244 e. The molecule has 0 bridgehead atoms. The van der Waals surface area contributed by atoms with E-state index < -0.39 is 18.4 Å². The third-order valence-electron chi connectivity index (χ3n) is 29.9. The van der Waals surface area contributed by atoms with Crippen molar-refractivity contribution in [1.29, 1.82) is 0 Å². The van der Waals surface area contributed by atoms with Gasteiger partial charge in [-0.25, -0.2) is 19.9 Å². The first kappa shape index (κ1) is 118. The van der Waals surface area contributed by atoms with E-state index >= 15 is 0 Å². The SMILES string of the molecule is C.CCCCCCCCC(CCCCCC)Cc1ccc(-c2nc3c(-c4nc[c]([Sn]([CH2]CCC)([CH2]CCC)[CH2]CCC)s4)c4sc(-c5ccc(CC(CCCCCC)CCCCCCCC)s5)nc4c(-c4ncc(C)s4)c3s2)s1.CCCCCCCCC(CCCCCC)Cc1ccc(-c2nc3c(-c4nccs4)c4sc(-c5ccc(CC(CCCCCC)CCCCCCCC)s5)nc4c(-c4nccs4)c3s2)s1. The van der Waals surface area contributed by atoms with Crippen molar-refractivity contribution in [3.63, 3.8) is 0 Å². The molecule has 0 aliphatic carbocycles. The Hall–Kier alpha value is -3.88. The monoisotopic (exact) mass is 2260 g/mol. The van der Waals surface area contributed by atoms with Gasteiger partial charge in [-0.3, -0.25) is 0 Å².